The van der Waals surface area contributed by atoms with Crippen molar-refractivity contribution in [3.63, 3.8) is 0 Å². The van der Waals surface area contributed by atoms with Gasteiger partial charge in [0, 0.05) is 5.56 Å². The summed E-state index contributed by atoms with van der Waals surface area (Å²) >= 11 is 0. The van der Waals surface area contributed by atoms with Crippen LogP contribution >= 0.6 is 0 Å². The number of carbonyl (C=O) groups is 1. The van der Waals surface area contributed by atoms with Crippen molar-refractivity contribution >= 4 is 11.6 Å². The fraction of sp³-hybridized carbons (Fsp3) is 0.360. The summed E-state index contributed by atoms with van der Waals surface area (Å²) in [6.07, 6.45) is 10.5. The highest BCUT2D eigenvalue weighted by atomic mass is 16.6. The van der Waals surface area contributed by atoms with Gasteiger partial charge in [-0.05, 0) is 65.7 Å². The van der Waals surface area contributed by atoms with Gasteiger partial charge in [-0.1, -0.05) is 38.7 Å². The lowest BCUT2D eigenvalue weighted by Gasteiger charge is -2.26. The van der Waals surface area contributed by atoms with Gasteiger partial charge >= 0.3 is 0 Å². The number of allylic oxidation sites excluding steroid dienone is 1. The molecule has 1 amide bonds. The molecule has 0 radical (unpaired) electrons. The first-order chi connectivity index (χ1) is 16.7. The van der Waals surface area contributed by atoms with Crippen LogP contribution in [0.3, 0.4) is 0 Å². The fourth-order valence-corrected chi connectivity index (χ4v) is 3.57. The van der Waals surface area contributed by atoms with Crippen molar-refractivity contribution in [1.29, 1.82) is 0 Å². The average Bonchev–Trinajstić information content (AvgIpc) is 3.41. The Hall–Kier alpha value is -3.88. The van der Waals surface area contributed by atoms with Crippen LogP contribution in [-0.4, -0.2) is 33.1 Å². The number of anilines is 1. The van der Waals surface area contributed by atoms with Gasteiger partial charge in [-0.2, -0.15) is 0 Å². The van der Waals surface area contributed by atoms with Gasteiger partial charge in [-0.25, -0.2) is 5.10 Å². The lowest BCUT2D eigenvalue weighted by Crippen LogP contribution is -2.24. The maximum atomic E-state index is 12.8. The van der Waals surface area contributed by atoms with Crippen LogP contribution in [-0.2, 0) is 0 Å². The van der Waals surface area contributed by atoms with E-state index in [2.05, 4.69) is 32.9 Å². The quantitative estimate of drug-likeness (QED) is 0.296. The zero-order valence-corrected chi connectivity index (χ0v) is 19.2. The summed E-state index contributed by atoms with van der Waals surface area (Å²) in [5.41, 5.74) is 0.999. The van der Waals surface area contributed by atoms with Gasteiger partial charge < -0.3 is 19.5 Å². The number of fused-ring (bicyclic) bond motifs is 1. The Labute approximate surface area is 198 Å². The Bertz CT molecular complexity index is 1080. The van der Waals surface area contributed by atoms with Crippen molar-refractivity contribution in [2.75, 3.05) is 11.9 Å². The first kappa shape index (κ1) is 23.3. The SMILES string of the molecule is CCCCCCCC=COc1ccc(C(=O)Nc2cccc3c2OC(c2nnn[nH]2)CO3)cc1. The standard InChI is InChI=1S/C25H29N5O4/c1-2-3-4-5-6-7-8-16-32-19-14-12-18(13-15-19)25(31)26-20-10-9-11-21-23(20)34-22(17-33-21)24-27-29-30-28-24/h8-16,22H,2-7,17H2,1H3,(H,26,31)(H,27,28,29,30). The molecule has 0 bridgehead atoms. The van der Waals surface area contributed by atoms with E-state index in [1.165, 1.54) is 32.1 Å². The molecule has 0 fully saturated rings. The van der Waals surface area contributed by atoms with Crippen molar-refractivity contribution in [1.82, 2.24) is 20.6 Å². The van der Waals surface area contributed by atoms with E-state index in [9.17, 15) is 4.79 Å². The highest BCUT2D eigenvalue weighted by molar-refractivity contribution is 6.05. The lowest BCUT2D eigenvalue weighted by atomic mass is 10.1. The van der Waals surface area contributed by atoms with Crippen LogP contribution in [0.1, 0.15) is 67.7 Å². The van der Waals surface area contributed by atoms with Crippen molar-refractivity contribution in [3.8, 4) is 17.2 Å². The molecule has 0 spiro atoms. The van der Waals surface area contributed by atoms with E-state index in [4.69, 9.17) is 14.2 Å². The van der Waals surface area contributed by atoms with Gasteiger partial charge in [0.2, 0.25) is 0 Å². The van der Waals surface area contributed by atoms with E-state index in [0.29, 0.717) is 34.3 Å². The molecule has 1 aliphatic rings. The molecule has 2 N–H and O–H groups in total. The molecule has 0 aliphatic carbocycles. The zero-order chi connectivity index (χ0) is 23.6. The number of unbranched alkanes of at least 4 members (excludes halogenated alkanes) is 5. The first-order valence-corrected chi connectivity index (χ1v) is 11.6. The maximum absolute atomic E-state index is 12.8. The summed E-state index contributed by atoms with van der Waals surface area (Å²) in [5, 5.41) is 16.6. The summed E-state index contributed by atoms with van der Waals surface area (Å²) < 4.78 is 17.4. The van der Waals surface area contributed by atoms with Crippen LogP contribution in [0, 0.1) is 0 Å². The topological polar surface area (TPSA) is 111 Å². The predicted octanol–water partition coefficient (Wildman–Crippen LogP) is 5.22. The Morgan fingerprint density at radius 3 is 2.82 bits per heavy atom. The van der Waals surface area contributed by atoms with Crippen LogP contribution in [0.2, 0.25) is 0 Å². The van der Waals surface area contributed by atoms with Crippen molar-refractivity contribution in [2.45, 2.75) is 51.6 Å². The normalized spacial score (nSPS) is 14.8. The van der Waals surface area contributed by atoms with Crippen LogP contribution in [0.25, 0.3) is 0 Å². The number of ether oxygens (including phenoxy) is 3. The van der Waals surface area contributed by atoms with Crippen molar-refractivity contribution in [3.05, 3.63) is 66.2 Å². The average molecular weight is 464 g/mol. The largest absolute Gasteiger partial charge is 0.485 e. The van der Waals surface area contributed by atoms with Crippen LogP contribution in [0.4, 0.5) is 5.69 Å². The second-order valence-corrected chi connectivity index (χ2v) is 8.01. The van der Waals surface area contributed by atoms with E-state index in [0.717, 1.165) is 6.42 Å². The van der Waals surface area contributed by atoms with Gasteiger partial charge in [-0.15, -0.1) is 5.10 Å². The molecule has 1 aliphatic heterocycles. The Morgan fingerprint density at radius 1 is 1.18 bits per heavy atom. The van der Waals surface area contributed by atoms with Gasteiger partial charge in [0.05, 0.1) is 11.9 Å². The second-order valence-electron chi connectivity index (χ2n) is 8.01. The number of nitrogens with one attached hydrogen (secondary N) is 2. The van der Waals surface area contributed by atoms with E-state index in [-0.39, 0.29) is 12.5 Å². The third-order valence-corrected chi connectivity index (χ3v) is 5.44. The molecule has 4 rings (SSSR count). The summed E-state index contributed by atoms with van der Waals surface area (Å²) in [6.45, 7) is 2.48. The molecule has 1 atom stereocenters. The highest BCUT2D eigenvalue weighted by Crippen LogP contribution is 2.41. The number of H-pyrrole nitrogens is 1. The number of hydrogen-bond acceptors (Lipinski definition) is 7. The summed E-state index contributed by atoms with van der Waals surface area (Å²) in [7, 11) is 0. The molecule has 2 aromatic carbocycles. The Morgan fingerprint density at radius 2 is 2.03 bits per heavy atom. The number of aromatic nitrogens is 4. The monoisotopic (exact) mass is 463 g/mol. The summed E-state index contributed by atoms with van der Waals surface area (Å²) in [5.74, 6) is 1.84. The third kappa shape index (κ3) is 6.12. The number of carbonyl (C=O) groups excluding carboxylic acids is 1. The minimum atomic E-state index is -0.499. The Kier molecular flexibility index (Phi) is 8.10. The molecule has 34 heavy (non-hydrogen) atoms. The van der Waals surface area contributed by atoms with Crippen molar-refractivity contribution < 1.29 is 19.0 Å². The number of hydrogen-bond donors (Lipinski definition) is 2. The highest BCUT2D eigenvalue weighted by Gasteiger charge is 2.28. The van der Waals surface area contributed by atoms with Crippen molar-refractivity contribution in [2.24, 2.45) is 0 Å². The lowest BCUT2D eigenvalue weighted by molar-refractivity contribution is 0.0856. The molecule has 0 saturated carbocycles. The second kappa shape index (κ2) is 11.8. The van der Waals surface area contributed by atoms with Gasteiger partial charge in [0.1, 0.15) is 12.4 Å². The van der Waals surface area contributed by atoms with Gasteiger partial charge in [0.15, 0.2) is 23.4 Å². The molecular weight excluding hydrogens is 434 g/mol. The van der Waals surface area contributed by atoms with E-state index in [1.54, 1.807) is 48.7 Å². The first-order valence-electron chi connectivity index (χ1n) is 11.6. The molecule has 9 heteroatoms. The van der Waals surface area contributed by atoms with Crippen LogP contribution in [0.15, 0.2) is 54.8 Å². The number of rotatable bonds is 11. The predicted molar refractivity (Wildman–Crippen MR) is 127 cm³/mol. The van der Waals surface area contributed by atoms with E-state index >= 15 is 0 Å². The van der Waals surface area contributed by atoms with Crippen LogP contribution < -0.4 is 19.5 Å². The number of tetrazole rings is 1. The van der Waals surface area contributed by atoms with E-state index in [1.807, 2.05) is 6.08 Å². The van der Waals surface area contributed by atoms with Gasteiger partial charge in [0.25, 0.3) is 5.91 Å². The molecule has 1 unspecified atom stereocenters. The number of amides is 1. The molecule has 2 heterocycles. The molecule has 178 valence electrons. The minimum absolute atomic E-state index is 0.260. The number of para-hydroxylation sites is 1. The number of benzene rings is 2. The number of nitrogens with zero attached hydrogens (tertiary/aromatic N) is 3. The smallest absolute Gasteiger partial charge is 0.255 e. The summed E-state index contributed by atoms with van der Waals surface area (Å²) in [6, 6.07) is 12.3. The fourth-order valence-electron chi connectivity index (χ4n) is 3.57. The van der Waals surface area contributed by atoms with Crippen LogP contribution in [0.5, 0.6) is 17.2 Å². The third-order valence-electron chi connectivity index (χ3n) is 5.44. The molecule has 1 aromatic heterocycles. The minimum Gasteiger partial charge on any atom is -0.485 e. The summed E-state index contributed by atoms with van der Waals surface area (Å²) in [4.78, 5) is 12.8. The molecular formula is C25H29N5O4. The van der Waals surface area contributed by atoms with E-state index < -0.39 is 6.10 Å². The molecule has 3 aromatic rings. The molecule has 9 nitrogen and oxygen atoms in total. The Balaban J connectivity index is 1.31. The maximum Gasteiger partial charge on any atom is 0.255 e. The zero-order valence-electron chi connectivity index (χ0n) is 19.2. The number of aromatic amines is 1. The molecule has 0 saturated heterocycles. The van der Waals surface area contributed by atoms with Gasteiger partial charge in [-0.3, -0.25) is 4.79 Å².